The van der Waals surface area contributed by atoms with Crippen LogP contribution in [0.25, 0.3) is 10.8 Å². The summed E-state index contributed by atoms with van der Waals surface area (Å²) in [5.41, 5.74) is -1.92. The Morgan fingerprint density at radius 2 is 1.88 bits per heavy atom. The van der Waals surface area contributed by atoms with E-state index in [2.05, 4.69) is 21.2 Å². The van der Waals surface area contributed by atoms with E-state index < -0.39 is 23.0 Å². The molecule has 1 aromatic heterocycles. The predicted molar refractivity (Wildman–Crippen MR) is 91.1 cm³/mol. The zero-order chi connectivity index (χ0) is 17.3. The van der Waals surface area contributed by atoms with E-state index >= 15 is 0 Å². The van der Waals surface area contributed by atoms with Crippen molar-refractivity contribution in [2.45, 2.75) is 37.6 Å². The Labute approximate surface area is 146 Å². The summed E-state index contributed by atoms with van der Waals surface area (Å²) in [6.07, 6.45) is 3.17. The average Bonchev–Trinajstić information content (AvgIpc) is 2.56. The van der Waals surface area contributed by atoms with Gasteiger partial charge in [0.2, 0.25) is 0 Å². The zero-order valence-corrected chi connectivity index (χ0v) is 14.4. The molecule has 0 aliphatic heterocycles. The molecule has 0 saturated heterocycles. The summed E-state index contributed by atoms with van der Waals surface area (Å²) in [5, 5.41) is 13.0. The number of halogens is 1. The van der Waals surface area contributed by atoms with Crippen LogP contribution in [0.2, 0.25) is 0 Å². The summed E-state index contributed by atoms with van der Waals surface area (Å²) in [4.78, 5) is 36.2. The molecule has 1 saturated carbocycles. The highest BCUT2D eigenvalue weighted by Gasteiger charge is 2.41. The van der Waals surface area contributed by atoms with Gasteiger partial charge >= 0.3 is 11.6 Å². The lowest BCUT2D eigenvalue weighted by Gasteiger charge is -2.33. The first-order valence-electron chi connectivity index (χ1n) is 7.71. The Bertz CT molecular complexity index is 867. The Morgan fingerprint density at radius 1 is 1.17 bits per heavy atom. The molecule has 0 atom stereocenters. The van der Waals surface area contributed by atoms with Gasteiger partial charge in [-0.1, -0.05) is 41.3 Å². The standard InChI is InChI=1S/C17H16BrNO5/c18-11-5-4-10-8-13(24-15(21)12(10)9-11)14(20)19-17(16(22)23)6-2-1-3-7-17/h4-5,8-9H,1-3,6-7H2,(H,19,20)(H,22,23). The second-order valence-electron chi connectivity index (χ2n) is 6.03. The molecule has 0 radical (unpaired) electrons. The first kappa shape index (κ1) is 16.7. The van der Waals surface area contributed by atoms with Gasteiger partial charge in [-0.2, -0.15) is 0 Å². The summed E-state index contributed by atoms with van der Waals surface area (Å²) in [6, 6.07) is 6.52. The minimum absolute atomic E-state index is 0.180. The topological polar surface area (TPSA) is 96.6 Å². The largest absolute Gasteiger partial charge is 0.480 e. The van der Waals surface area contributed by atoms with Crippen LogP contribution in [-0.4, -0.2) is 22.5 Å². The summed E-state index contributed by atoms with van der Waals surface area (Å²) in [5.74, 6) is -1.91. The fraction of sp³-hybridized carbons (Fsp3) is 0.353. The molecule has 6 nitrogen and oxygen atoms in total. The van der Waals surface area contributed by atoms with Crippen molar-refractivity contribution in [3.05, 3.63) is 44.9 Å². The smallest absolute Gasteiger partial charge is 0.344 e. The maximum atomic E-state index is 12.5. The highest BCUT2D eigenvalue weighted by molar-refractivity contribution is 9.10. The van der Waals surface area contributed by atoms with Crippen molar-refractivity contribution < 1.29 is 19.1 Å². The molecule has 24 heavy (non-hydrogen) atoms. The normalized spacial score (nSPS) is 16.7. The van der Waals surface area contributed by atoms with Crippen LogP contribution in [0.15, 0.2) is 37.9 Å². The highest BCUT2D eigenvalue weighted by Crippen LogP contribution is 2.29. The molecule has 1 aliphatic carbocycles. The van der Waals surface area contributed by atoms with Gasteiger partial charge < -0.3 is 14.8 Å². The Balaban J connectivity index is 1.95. The number of amides is 1. The van der Waals surface area contributed by atoms with E-state index in [1.54, 1.807) is 18.2 Å². The predicted octanol–water partition coefficient (Wildman–Crippen LogP) is 3.07. The van der Waals surface area contributed by atoms with Crippen LogP contribution < -0.4 is 10.9 Å². The molecule has 1 amide bonds. The van der Waals surface area contributed by atoms with Gasteiger partial charge in [-0.25, -0.2) is 9.59 Å². The molecule has 0 bridgehead atoms. The highest BCUT2D eigenvalue weighted by atomic mass is 79.9. The lowest BCUT2D eigenvalue weighted by Crippen LogP contribution is -2.55. The Hall–Kier alpha value is -2.15. The van der Waals surface area contributed by atoms with Crippen molar-refractivity contribution in [1.29, 1.82) is 0 Å². The van der Waals surface area contributed by atoms with Crippen LogP contribution in [0.3, 0.4) is 0 Å². The van der Waals surface area contributed by atoms with Crippen LogP contribution in [0.4, 0.5) is 0 Å². The monoisotopic (exact) mass is 393 g/mol. The van der Waals surface area contributed by atoms with E-state index in [9.17, 15) is 19.5 Å². The number of carbonyl (C=O) groups is 2. The summed E-state index contributed by atoms with van der Waals surface area (Å²) < 4.78 is 5.82. The van der Waals surface area contributed by atoms with E-state index in [0.717, 1.165) is 23.7 Å². The van der Waals surface area contributed by atoms with Crippen molar-refractivity contribution >= 4 is 38.6 Å². The fourth-order valence-corrected chi connectivity index (χ4v) is 3.46. The summed E-state index contributed by atoms with van der Waals surface area (Å²) in [7, 11) is 0. The molecule has 1 aliphatic rings. The first-order valence-corrected chi connectivity index (χ1v) is 8.50. The number of fused-ring (bicyclic) bond motifs is 1. The number of nitrogens with one attached hydrogen (secondary N) is 1. The van der Waals surface area contributed by atoms with Gasteiger partial charge in [0, 0.05) is 4.47 Å². The lowest BCUT2D eigenvalue weighted by molar-refractivity contribution is -0.145. The molecule has 7 heteroatoms. The molecule has 3 rings (SSSR count). The second-order valence-corrected chi connectivity index (χ2v) is 6.95. The maximum Gasteiger partial charge on any atom is 0.344 e. The second kappa shape index (κ2) is 6.39. The van der Waals surface area contributed by atoms with Crippen molar-refractivity contribution in [1.82, 2.24) is 5.32 Å². The van der Waals surface area contributed by atoms with E-state index in [-0.39, 0.29) is 5.76 Å². The van der Waals surface area contributed by atoms with Crippen LogP contribution >= 0.6 is 15.9 Å². The van der Waals surface area contributed by atoms with Crippen LogP contribution in [-0.2, 0) is 4.79 Å². The Kier molecular flexibility index (Phi) is 4.45. The molecule has 1 fully saturated rings. The third-order valence-electron chi connectivity index (χ3n) is 4.42. The molecular formula is C17H16BrNO5. The molecule has 0 spiro atoms. The van der Waals surface area contributed by atoms with Crippen molar-refractivity contribution in [2.24, 2.45) is 0 Å². The summed E-state index contributed by atoms with van der Waals surface area (Å²) >= 11 is 3.28. The number of carbonyl (C=O) groups excluding carboxylic acids is 1. The van der Waals surface area contributed by atoms with Crippen molar-refractivity contribution in [3.63, 3.8) is 0 Å². The zero-order valence-electron chi connectivity index (χ0n) is 12.8. The number of hydrogen-bond donors (Lipinski definition) is 2. The molecule has 1 aromatic carbocycles. The van der Waals surface area contributed by atoms with E-state index in [4.69, 9.17) is 4.42 Å². The van der Waals surface area contributed by atoms with Crippen molar-refractivity contribution in [3.8, 4) is 0 Å². The Morgan fingerprint density at radius 3 is 2.54 bits per heavy atom. The van der Waals surface area contributed by atoms with Crippen molar-refractivity contribution in [2.75, 3.05) is 0 Å². The minimum atomic E-state index is -1.29. The number of aliphatic carboxylic acids is 1. The van der Waals surface area contributed by atoms with Gasteiger partial charge in [0.05, 0.1) is 5.39 Å². The number of carboxylic acids is 1. The number of carboxylic acid groups (broad SMARTS) is 1. The minimum Gasteiger partial charge on any atom is -0.480 e. The molecule has 2 aromatic rings. The number of benzene rings is 1. The van der Waals surface area contributed by atoms with Gasteiger partial charge in [-0.15, -0.1) is 0 Å². The van der Waals surface area contributed by atoms with E-state index in [1.165, 1.54) is 6.07 Å². The van der Waals surface area contributed by atoms with Crippen LogP contribution in [0.5, 0.6) is 0 Å². The summed E-state index contributed by atoms with van der Waals surface area (Å²) in [6.45, 7) is 0. The van der Waals surface area contributed by atoms with E-state index in [1.807, 2.05) is 0 Å². The third kappa shape index (κ3) is 3.08. The number of rotatable bonds is 3. The molecule has 1 heterocycles. The number of hydrogen-bond acceptors (Lipinski definition) is 4. The third-order valence-corrected chi connectivity index (χ3v) is 4.91. The van der Waals surface area contributed by atoms with Crippen LogP contribution in [0, 0.1) is 0 Å². The molecule has 0 unspecified atom stereocenters. The molecule has 126 valence electrons. The van der Waals surface area contributed by atoms with Crippen LogP contribution in [0.1, 0.15) is 42.7 Å². The van der Waals surface area contributed by atoms with Gasteiger partial charge in [0.25, 0.3) is 5.91 Å². The SMILES string of the molecule is O=C(NC1(C(=O)O)CCCCC1)c1cc2ccc(Br)cc2c(=O)o1. The van der Waals surface area contributed by atoms with Gasteiger partial charge in [0.1, 0.15) is 5.54 Å². The average molecular weight is 394 g/mol. The van der Waals surface area contributed by atoms with Gasteiger partial charge in [-0.3, -0.25) is 4.79 Å². The van der Waals surface area contributed by atoms with Gasteiger partial charge in [0.15, 0.2) is 5.76 Å². The lowest BCUT2D eigenvalue weighted by atomic mass is 9.81. The van der Waals surface area contributed by atoms with E-state index in [0.29, 0.717) is 23.6 Å². The quantitative estimate of drug-likeness (QED) is 0.834. The van der Waals surface area contributed by atoms with Gasteiger partial charge in [-0.05, 0) is 36.4 Å². The molecule has 2 N–H and O–H groups in total. The first-order chi connectivity index (χ1) is 11.4. The maximum absolute atomic E-state index is 12.5. The molecular weight excluding hydrogens is 378 g/mol. The fourth-order valence-electron chi connectivity index (χ4n) is 3.10.